The summed E-state index contributed by atoms with van der Waals surface area (Å²) in [5, 5.41) is 12.1. The van der Waals surface area contributed by atoms with E-state index in [1.165, 1.54) is 11.1 Å². The first kappa shape index (κ1) is 21.9. The van der Waals surface area contributed by atoms with Gasteiger partial charge in [0.15, 0.2) is 5.96 Å². The standard InChI is InChI=1S/C23H25N5O.HI/c1-2-24-23(26-16-21-14-18-8-5-6-11-22(18)29-21)25-15-19-9-3-4-10-20(19)17-28-13-7-12-27-28;/h3-14H,2,15-17H2,1H3,(H2,24,25,26);1H. The van der Waals surface area contributed by atoms with Crippen molar-refractivity contribution in [2.75, 3.05) is 6.54 Å². The molecule has 0 saturated carbocycles. The Labute approximate surface area is 193 Å². The molecule has 4 aromatic rings. The van der Waals surface area contributed by atoms with Crippen molar-refractivity contribution in [2.24, 2.45) is 4.99 Å². The highest BCUT2D eigenvalue weighted by atomic mass is 127. The number of fused-ring (bicyclic) bond motifs is 1. The van der Waals surface area contributed by atoms with Crippen LogP contribution in [0.5, 0.6) is 0 Å². The number of furan rings is 1. The molecule has 0 fully saturated rings. The predicted molar refractivity (Wildman–Crippen MR) is 131 cm³/mol. The maximum atomic E-state index is 5.88. The highest BCUT2D eigenvalue weighted by Crippen LogP contribution is 2.18. The zero-order valence-corrected chi connectivity index (χ0v) is 19.2. The van der Waals surface area contributed by atoms with Gasteiger partial charge in [-0.25, -0.2) is 4.99 Å². The Morgan fingerprint density at radius 3 is 2.60 bits per heavy atom. The summed E-state index contributed by atoms with van der Waals surface area (Å²) in [7, 11) is 0. The Kier molecular flexibility index (Phi) is 7.89. The van der Waals surface area contributed by atoms with Gasteiger partial charge >= 0.3 is 0 Å². The predicted octanol–water partition coefficient (Wildman–Crippen LogP) is 4.55. The molecule has 2 aromatic carbocycles. The topological polar surface area (TPSA) is 67.4 Å². The molecule has 0 aliphatic heterocycles. The molecule has 7 heteroatoms. The van der Waals surface area contributed by atoms with Gasteiger partial charge in [-0.15, -0.1) is 24.0 Å². The lowest BCUT2D eigenvalue weighted by Gasteiger charge is -2.12. The molecule has 0 saturated heterocycles. The minimum absolute atomic E-state index is 0. The van der Waals surface area contributed by atoms with E-state index in [2.05, 4.69) is 53.0 Å². The molecule has 156 valence electrons. The third kappa shape index (κ3) is 5.63. The van der Waals surface area contributed by atoms with Crippen molar-refractivity contribution in [3.63, 3.8) is 0 Å². The van der Waals surface area contributed by atoms with Crippen molar-refractivity contribution in [1.29, 1.82) is 0 Å². The van der Waals surface area contributed by atoms with Crippen molar-refractivity contribution in [1.82, 2.24) is 20.4 Å². The van der Waals surface area contributed by atoms with Crippen molar-refractivity contribution < 1.29 is 4.42 Å². The summed E-state index contributed by atoms with van der Waals surface area (Å²) < 4.78 is 7.81. The van der Waals surface area contributed by atoms with Crippen LogP contribution in [-0.4, -0.2) is 22.3 Å². The molecule has 0 unspecified atom stereocenters. The molecule has 2 aromatic heterocycles. The van der Waals surface area contributed by atoms with Crippen LogP contribution in [-0.2, 0) is 19.6 Å². The van der Waals surface area contributed by atoms with Gasteiger partial charge in [-0.2, -0.15) is 5.10 Å². The lowest BCUT2D eigenvalue weighted by molar-refractivity contribution is 0.538. The molecule has 0 bridgehead atoms. The number of benzene rings is 2. The van der Waals surface area contributed by atoms with Crippen molar-refractivity contribution in [2.45, 2.75) is 26.6 Å². The zero-order chi connectivity index (χ0) is 19.9. The average Bonchev–Trinajstić information content (AvgIpc) is 3.40. The Morgan fingerprint density at radius 1 is 1.03 bits per heavy atom. The molecular formula is C23H26IN5O. The van der Waals surface area contributed by atoms with E-state index < -0.39 is 0 Å². The van der Waals surface area contributed by atoms with E-state index in [4.69, 9.17) is 9.41 Å². The second kappa shape index (κ2) is 10.8. The van der Waals surface area contributed by atoms with E-state index in [0.717, 1.165) is 35.8 Å². The number of hydrogen-bond donors (Lipinski definition) is 2. The van der Waals surface area contributed by atoms with E-state index in [-0.39, 0.29) is 24.0 Å². The Morgan fingerprint density at radius 2 is 1.83 bits per heavy atom. The molecule has 0 aliphatic carbocycles. The number of nitrogens with zero attached hydrogens (tertiary/aromatic N) is 3. The van der Waals surface area contributed by atoms with Crippen LogP contribution < -0.4 is 10.6 Å². The Hall–Kier alpha value is -2.81. The summed E-state index contributed by atoms with van der Waals surface area (Å²) in [6.07, 6.45) is 3.77. The van der Waals surface area contributed by atoms with Crippen LogP contribution in [0.1, 0.15) is 23.8 Å². The monoisotopic (exact) mass is 515 g/mol. The zero-order valence-electron chi connectivity index (χ0n) is 16.9. The number of aromatic nitrogens is 2. The first-order valence-electron chi connectivity index (χ1n) is 9.85. The number of hydrogen-bond acceptors (Lipinski definition) is 3. The number of halogens is 1. The summed E-state index contributed by atoms with van der Waals surface area (Å²) in [6.45, 7) is 4.76. The van der Waals surface area contributed by atoms with E-state index in [0.29, 0.717) is 13.1 Å². The van der Waals surface area contributed by atoms with Crippen LogP contribution in [0.15, 0.2) is 82.5 Å². The van der Waals surface area contributed by atoms with Crippen molar-refractivity contribution in [3.8, 4) is 0 Å². The molecule has 0 radical (unpaired) electrons. The summed E-state index contributed by atoms with van der Waals surface area (Å²) in [4.78, 5) is 4.77. The summed E-state index contributed by atoms with van der Waals surface area (Å²) >= 11 is 0. The van der Waals surface area contributed by atoms with E-state index in [1.54, 1.807) is 6.20 Å². The van der Waals surface area contributed by atoms with Gasteiger partial charge < -0.3 is 15.1 Å². The summed E-state index contributed by atoms with van der Waals surface area (Å²) in [5.41, 5.74) is 3.30. The molecule has 2 N–H and O–H groups in total. The molecule has 0 amide bonds. The van der Waals surface area contributed by atoms with Gasteiger partial charge in [0.25, 0.3) is 0 Å². The molecule has 0 spiro atoms. The SMILES string of the molecule is CCNC(=NCc1ccccc1Cn1cccn1)NCc1cc2ccccc2o1.I. The Balaban J connectivity index is 0.00000256. The van der Waals surface area contributed by atoms with Crippen molar-refractivity contribution in [3.05, 3.63) is 89.9 Å². The van der Waals surface area contributed by atoms with Gasteiger partial charge in [-0.05, 0) is 36.2 Å². The van der Waals surface area contributed by atoms with E-state index in [1.807, 2.05) is 41.2 Å². The second-order valence-electron chi connectivity index (χ2n) is 6.77. The third-order valence-electron chi connectivity index (χ3n) is 4.67. The molecule has 0 atom stereocenters. The fourth-order valence-corrected chi connectivity index (χ4v) is 3.24. The fourth-order valence-electron chi connectivity index (χ4n) is 3.24. The van der Waals surface area contributed by atoms with Crippen LogP contribution in [0.4, 0.5) is 0 Å². The fraction of sp³-hybridized carbons (Fsp3) is 0.217. The first-order chi connectivity index (χ1) is 14.3. The lowest BCUT2D eigenvalue weighted by Crippen LogP contribution is -2.36. The van der Waals surface area contributed by atoms with Gasteiger partial charge in [-0.3, -0.25) is 4.68 Å². The number of rotatable bonds is 7. The Bertz CT molecular complexity index is 1050. The molecule has 6 nitrogen and oxygen atoms in total. The first-order valence-corrected chi connectivity index (χ1v) is 9.85. The van der Waals surface area contributed by atoms with Crippen LogP contribution in [0.25, 0.3) is 11.0 Å². The molecule has 2 heterocycles. The summed E-state index contributed by atoms with van der Waals surface area (Å²) in [5.74, 6) is 1.65. The average molecular weight is 515 g/mol. The van der Waals surface area contributed by atoms with E-state index in [9.17, 15) is 0 Å². The molecular weight excluding hydrogens is 489 g/mol. The van der Waals surface area contributed by atoms with Crippen molar-refractivity contribution >= 4 is 40.9 Å². The normalized spacial score (nSPS) is 11.3. The molecule has 4 rings (SSSR count). The molecule has 0 aliphatic rings. The number of nitrogens with one attached hydrogen (secondary N) is 2. The van der Waals surface area contributed by atoms with Crippen LogP contribution in [0.2, 0.25) is 0 Å². The largest absolute Gasteiger partial charge is 0.459 e. The number of guanidine groups is 1. The maximum absolute atomic E-state index is 5.88. The smallest absolute Gasteiger partial charge is 0.191 e. The van der Waals surface area contributed by atoms with Gasteiger partial charge in [0.2, 0.25) is 0 Å². The number of para-hydroxylation sites is 1. The van der Waals surface area contributed by atoms with Gasteiger partial charge in [-0.1, -0.05) is 42.5 Å². The minimum atomic E-state index is 0. The number of aliphatic imine (C=N–C) groups is 1. The second-order valence-corrected chi connectivity index (χ2v) is 6.77. The van der Waals surface area contributed by atoms with E-state index >= 15 is 0 Å². The quantitative estimate of drug-likeness (QED) is 0.215. The minimum Gasteiger partial charge on any atom is -0.459 e. The third-order valence-corrected chi connectivity index (χ3v) is 4.67. The van der Waals surface area contributed by atoms with Gasteiger partial charge in [0, 0.05) is 24.3 Å². The van der Waals surface area contributed by atoms with Crippen LogP contribution in [0.3, 0.4) is 0 Å². The van der Waals surface area contributed by atoms with Crippen LogP contribution in [0, 0.1) is 0 Å². The van der Waals surface area contributed by atoms with Gasteiger partial charge in [0.1, 0.15) is 11.3 Å². The summed E-state index contributed by atoms with van der Waals surface area (Å²) in [6, 6.07) is 20.4. The van der Waals surface area contributed by atoms with Gasteiger partial charge in [0.05, 0.1) is 19.6 Å². The highest BCUT2D eigenvalue weighted by molar-refractivity contribution is 14.0. The highest BCUT2D eigenvalue weighted by Gasteiger charge is 2.06. The maximum Gasteiger partial charge on any atom is 0.191 e. The van der Waals surface area contributed by atoms with Crippen LogP contribution >= 0.6 is 24.0 Å². The molecule has 30 heavy (non-hydrogen) atoms. The lowest BCUT2D eigenvalue weighted by atomic mass is 10.1.